The highest BCUT2D eigenvalue weighted by molar-refractivity contribution is 5.26. The van der Waals surface area contributed by atoms with Gasteiger partial charge >= 0.3 is 0 Å². The van der Waals surface area contributed by atoms with Crippen LogP contribution < -0.4 is 4.74 Å². The van der Waals surface area contributed by atoms with Crippen molar-refractivity contribution in [3.63, 3.8) is 0 Å². The molecule has 5 nitrogen and oxygen atoms in total. The zero-order valence-corrected chi connectivity index (χ0v) is 12.8. The van der Waals surface area contributed by atoms with E-state index in [-0.39, 0.29) is 11.9 Å². The summed E-state index contributed by atoms with van der Waals surface area (Å²) >= 11 is 0. The molecule has 2 heterocycles. The van der Waals surface area contributed by atoms with Gasteiger partial charge in [-0.05, 0) is 19.8 Å². The number of hydrogen-bond donors (Lipinski definition) is 0. The third-order valence-corrected chi connectivity index (χ3v) is 4.19. The predicted molar refractivity (Wildman–Crippen MR) is 77.2 cm³/mol. The summed E-state index contributed by atoms with van der Waals surface area (Å²) in [7, 11) is 1.67. The fourth-order valence-corrected chi connectivity index (χ4v) is 3.08. The van der Waals surface area contributed by atoms with Gasteiger partial charge in [0.25, 0.3) is 0 Å². The molecule has 0 unspecified atom stereocenters. The van der Waals surface area contributed by atoms with Crippen LogP contribution in [-0.4, -0.2) is 37.2 Å². The van der Waals surface area contributed by atoms with Gasteiger partial charge in [-0.1, -0.05) is 0 Å². The second-order valence-corrected chi connectivity index (χ2v) is 5.76. The van der Waals surface area contributed by atoms with Gasteiger partial charge in [0, 0.05) is 30.7 Å². The molecule has 1 saturated heterocycles. The quantitative estimate of drug-likeness (QED) is 0.854. The van der Waals surface area contributed by atoms with Crippen molar-refractivity contribution in [1.29, 1.82) is 0 Å². The Bertz CT molecular complexity index is 475. The molecule has 1 aromatic heterocycles. The Labute approximate surface area is 125 Å². The van der Waals surface area contributed by atoms with Gasteiger partial charge in [0.2, 0.25) is 0 Å². The minimum absolute atomic E-state index is 0.261. The van der Waals surface area contributed by atoms with Crippen LogP contribution in [0.1, 0.15) is 37.1 Å². The number of ether oxygens (including phenoxy) is 4. The van der Waals surface area contributed by atoms with Crippen LogP contribution >= 0.6 is 0 Å². The Kier molecular flexibility index (Phi) is 4.42. The average molecular weight is 293 g/mol. The summed E-state index contributed by atoms with van der Waals surface area (Å²) in [5.74, 6) is 0.515. The van der Waals surface area contributed by atoms with Crippen LogP contribution in [0.3, 0.4) is 0 Å². The van der Waals surface area contributed by atoms with E-state index in [9.17, 15) is 0 Å². The summed E-state index contributed by atoms with van der Waals surface area (Å²) < 4.78 is 22.7. The number of rotatable bonds is 4. The lowest BCUT2D eigenvalue weighted by Crippen LogP contribution is -2.37. The largest absolute Gasteiger partial charge is 0.497 e. The van der Waals surface area contributed by atoms with E-state index < -0.39 is 0 Å². The van der Waals surface area contributed by atoms with Gasteiger partial charge in [0.15, 0.2) is 5.79 Å². The average Bonchev–Trinajstić information content (AvgIpc) is 2.94. The van der Waals surface area contributed by atoms with Crippen LogP contribution in [0.15, 0.2) is 12.1 Å². The Morgan fingerprint density at radius 1 is 1.24 bits per heavy atom. The molecule has 1 spiro atoms. The maximum Gasteiger partial charge on any atom is 0.168 e. The second kappa shape index (κ2) is 6.30. The van der Waals surface area contributed by atoms with E-state index in [4.69, 9.17) is 18.9 Å². The monoisotopic (exact) mass is 293 g/mol. The van der Waals surface area contributed by atoms with Crippen molar-refractivity contribution in [3.8, 4) is 5.75 Å². The molecule has 116 valence electrons. The zero-order chi connectivity index (χ0) is 14.7. The molecule has 0 bridgehead atoms. The summed E-state index contributed by atoms with van der Waals surface area (Å²) in [5, 5.41) is 0. The van der Waals surface area contributed by atoms with E-state index in [0.29, 0.717) is 6.61 Å². The standard InChI is InChI=1S/C16H23NO4/c1-12-9-15(18-2)10-13(17-12)11-19-14-3-5-16(6-4-14)20-7-8-21-16/h9-10,14H,3-8,11H2,1-2H3. The van der Waals surface area contributed by atoms with Crippen molar-refractivity contribution >= 4 is 0 Å². The first-order valence-corrected chi connectivity index (χ1v) is 7.60. The molecular formula is C16H23NO4. The Morgan fingerprint density at radius 3 is 2.62 bits per heavy atom. The Balaban J connectivity index is 1.51. The first kappa shape index (κ1) is 14.8. The van der Waals surface area contributed by atoms with Crippen LogP contribution in [0.2, 0.25) is 0 Å². The molecule has 0 amide bonds. The van der Waals surface area contributed by atoms with Gasteiger partial charge in [0.05, 0.1) is 38.7 Å². The minimum Gasteiger partial charge on any atom is -0.497 e. The Hall–Kier alpha value is -1.17. The van der Waals surface area contributed by atoms with Crippen LogP contribution in [0.25, 0.3) is 0 Å². The highest BCUT2D eigenvalue weighted by Gasteiger charge is 2.40. The number of aromatic nitrogens is 1. The number of nitrogens with zero attached hydrogens (tertiary/aromatic N) is 1. The van der Waals surface area contributed by atoms with Crippen LogP contribution in [0, 0.1) is 6.92 Å². The molecule has 0 radical (unpaired) electrons. The van der Waals surface area contributed by atoms with Crippen molar-refractivity contribution < 1.29 is 18.9 Å². The van der Waals surface area contributed by atoms with Crippen LogP contribution in [0.5, 0.6) is 5.75 Å². The summed E-state index contributed by atoms with van der Waals surface area (Å²) in [6, 6.07) is 3.85. The van der Waals surface area contributed by atoms with E-state index in [0.717, 1.165) is 56.0 Å². The highest BCUT2D eigenvalue weighted by atomic mass is 16.7. The maximum absolute atomic E-state index is 6.00. The third-order valence-electron chi connectivity index (χ3n) is 4.19. The lowest BCUT2D eigenvalue weighted by molar-refractivity contribution is -0.192. The zero-order valence-electron chi connectivity index (χ0n) is 12.8. The van der Waals surface area contributed by atoms with Gasteiger partial charge in [-0.2, -0.15) is 0 Å². The van der Waals surface area contributed by atoms with Crippen molar-refractivity contribution in [2.24, 2.45) is 0 Å². The molecule has 0 N–H and O–H groups in total. The molecular weight excluding hydrogens is 270 g/mol. The molecule has 0 atom stereocenters. The van der Waals surface area contributed by atoms with Crippen molar-refractivity contribution in [3.05, 3.63) is 23.5 Å². The van der Waals surface area contributed by atoms with Crippen molar-refractivity contribution in [2.45, 2.75) is 51.1 Å². The molecule has 3 rings (SSSR count). The maximum atomic E-state index is 6.00. The Morgan fingerprint density at radius 2 is 1.95 bits per heavy atom. The molecule has 0 aromatic carbocycles. The number of aryl methyl sites for hydroxylation is 1. The fourth-order valence-electron chi connectivity index (χ4n) is 3.08. The molecule has 1 aliphatic carbocycles. The number of methoxy groups -OCH3 is 1. The van der Waals surface area contributed by atoms with Crippen LogP contribution in [-0.2, 0) is 20.8 Å². The fraction of sp³-hybridized carbons (Fsp3) is 0.688. The molecule has 5 heteroatoms. The second-order valence-electron chi connectivity index (χ2n) is 5.76. The van der Waals surface area contributed by atoms with Gasteiger partial charge in [-0.15, -0.1) is 0 Å². The van der Waals surface area contributed by atoms with E-state index in [1.807, 2.05) is 19.1 Å². The third kappa shape index (κ3) is 3.54. The van der Waals surface area contributed by atoms with E-state index in [2.05, 4.69) is 4.98 Å². The van der Waals surface area contributed by atoms with E-state index in [1.54, 1.807) is 7.11 Å². The number of pyridine rings is 1. The summed E-state index contributed by atoms with van der Waals surface area (Å²) in [5.41, 5.74) is 1.86. The first-order valence-electron chi connectivity index (χ1n) is 7.60. The molecule has 1 aliphatic heterocycles. The van der Waals surface area contributed by atoms with E-state index >= 15 is 0 Å². The minimum atomic E-state index is -0.315. The molecule has 2 fully saturated rings. The van der Waals surface area contributed by atoms with Gasteiger partial charge in [-0.3, -0.25) is 4.98 Å². The highest BCUT2D eigenvalue weighted by Crippen LogP contribution is 2.36. The predicted octanol–water partition coefficient (Wildman–Crippen LogP) is 2.60. The van der Waals surface area contributed by atoms with Crippen LogP contribution in [0.4, 0.5) is 0 Å². The van der Waals surface area contributed by atoms with Crippen molar-refractivity contribution in [2.75, 3.05) is 20.3 Å². The lowest BCUT2D eigenvalue weighted by Gasteiger charge is -2.35. The molecule has 2 aliphatic rings. The molecule has 1 saturated carbocycles. The summed E-state index contributed by atoms with van der Waals surface area (Å²) in [4.78, 5) is 4.48. The summed E-state index contributed by atoms with van der Waals surface area (Å²) in [6.07, 6.45) is 4.05. The topological polar surface area (TPSA) is 49.8 Å². The molecule has 1 aromatic rings. The smallest absolute Gasteiger partial charge is 0.168 e. The SMILES string of the molecule is COc1cc(C)nc(COC2CCC3(CC2)OCCO3)c1. The summed E-state index contributed by atoms with van der Waals surface area (Å²) in [6.45, 7) is 3.93. The normalized spacial score (nSPS) is 21.8. The van der Waals surface area contributed by atoms with Gasteiger partial charge in [-0.25, -0.2) is 0 Å². The first-order chi connectivity index (χ1) is 10.2. The molecule has 21 heavy (non-hydrogen) atoms. The van der Waals surface area contributed by atoms with Crippen molar-refractivity contribution in [1.82, 2.24) is 4.98 Å². The van der Waals surface area contributed by atoms with Gasteiger partial charge < -0.3 is 18.9 Å². The van der Waals surface area contributed by atoms with Gasteiger partial charge in [0.1, 0.15) is 5.75 Å². The van der Waals surface area contributed by atoms with E-state index in [1.165, 1.54) is 0 Å². The lowest BCUT2D eigenvalue weighted by atomic mass is 9.92. The number of hydrogen-bond acceptors (Lipinski definition) is 5.